The molecule has 0 fully saturated rings. The largest absolute Gasteiger partial charge is 0.395 e. The molecule has 0 bridgehead atoms. The van der Waals surface area contributed by atoms with Crippen molar-refractivity contribution in [2.75, 3.05) is 13.2 Å². The molecule has 3 nitrogen and oxygen atoms in total. The van der Waals surface area contributed by atoms with Gasteiger partial charge < -0.3 is 15.4 Å². The van der Waals surface area contributed by atoms with E-state index in [1.165, 1.54) is 0 Å². The molecule has 0 atom stereocenters. The van der Waals surface area contributed by atoms with Crippen molar-refractivity contribution in [3.05, 3.63) is 0 Å². The molecule has 0 heterocycles. The molecule has 0 aliphatic heterocycles. The lowest BCUT2D eigenvalue weighted by atomic mass is 10.2. The highest BCUT2D eigenvalue weighted by Crippen LogP contribution is 1.72. The fourth-order valence-corrected chi connectivity index (χ4v) is 0.240. The van der Waals surface area contributed by atoms with Crippen molar-refractivity contribution >= 4 is 7.98 Å². The van der Waals surface area contributed by atoms with Gasteiger partial charge in [-0.2, -0.15) is 0 Å². The molecule has 0 aromatic heterocycles. The normalized spacial score (nSPS) is 10.1. The van der Waals surface area contributed by atoms with Gasteiger partial charge in [-0.05, 0) is 0 Å². The van der Waals surface area contributed by atoms with Crippen molar-refractivity contribution in [1.29, 1.82) is 0 Å². The predicted octanol–water partition coefficient (Wildman–Crippen LogP) is -2.52. The first-order valence-corrected chi connectivity index (χ1v) is 2.24. The summed E-state index contributed by atoms with van der Waals surface area (Å²) in [5, 5.41) is 19.3. The Morgan fingerprint density at radius 3 is 1.86 bits per heavy atom. The molecule has 0 aliphatic carbocycles. The minimum atomic E-state index is -0.153. The molecule has 0 amide bonds. The van der Waals surface area contributed by atoms with Crippen LogP contribution in [0.4, 0.5) is 0 Å². The molecule has 0 aliphatic rings. The van der Waals surface area contributed by atoms with E-state index in [1.807, 2.05) is 0 Å². The molecule has 0 aromatic carbocycles. The number of nitrogens with one attached hydrogen (secondary N) is 1. The summed E-state index contributed by atoms with van der Waals surface area (Å²) in [5.74, 6) is 0. The monoisotopic (exact) mass is 103 g/mol. The fourth-order valence-electron chi connectivity index (χ4n) is 0.240. The van der Waals surface area contributed by atoms with E-state index in [0.29, 0.717) is 0 Å². The summed E-state index contributed by atoms with van der Waals surface area (Å²) in [5.41, 5.74) is 0. The maximum Gasteiger partial charge on any atom is 0.182 e. The quantitative estimate of drug-likeness (QED) is 0.345. The van der Waals surface area contributed by atoms with Crippen LogP contribution in [0.3, 0.4) is 0 Å². The second-order valence-electron chi connectivity index (χ2n) is 1.35. The van der Waals surface area contributed by atoms with E-state index in [4.69, 9.17) is 10.2 Å². The molecule has 3 N–H and O–H groups in total. The van der Waals surface area contributed by atoms with Crippen LogP contribution in [-0.2, 0) is 0 Å². The zero-order chi connectivity index (χ0) is 5.70. The third-order valence-corrected chi connectivity index (χ3v) is 0.849. The number of hydrogen-bond acceptors (Lipinski definition) is 3. The first kappa shape index (κ1) is 6.94. The summed E-state index contributed by atoms with van der Waals surface area (Å²) in [7, 11) is 1.69. The van der Waals surface area contributed by atoms with Gasteiger partial charge in [-0.1, -0.05) is 0 Å². The van der Waals surface area contributed by atoms with Crippen molar-refractivity contribution in [3.8, 4) is 0 Å². The van der Waals surface area contributed by atoms with Gasteiger partial charge in [0.15, 0.2) is 7.98 Å². The van der Waals surface area contributed by atoms with Gasteiger partial charge in [-0.3, -0.25) is 0 Å². The molecule has 42 valence electrons. The van der Waals surface area contributed by atoms with Crippen molar-refractivity contribution in [2.24, 2.45) is 0 Å². The summed E-state index contributed by atoms with van der Waals surface area (Å²) in [6.45, 7) is -0.0139. The SMILES string of the molecule is BNC(CO)CO. The predicted molar refractivity (Wildman–Crippen MR) is 29.6 cm³/mol. The Morgan fingerprint density at radius 1 is 1.43 bits per heavy atom. The maximum atomic E-state index is 8.30. The lowest BCUT2D eigenvalue weighted by Crippen LogP contribution is -2.33. The zero-order valence-corrected chi connectivity index (χ0v) is 4.39. The van der Waals surface area contributed by atoms with Crippen molar-refractivity contribution in [3.63, 3.8) is 0 Å². The standard InChI is InChI=1S/C3H10BNO2/c4-5-3(1-6)2-7/h3,5-7H,1-2,4H2. The zero-order valence-electron chi connectivity index (χ0n) is 4.39. The Bertz CT molecular complexity index is 34.4. The van der Waals surface area contributed by atoms with Gasteiger partial charge in [-0.25, -0.2) is 0 Å². The van der Waals surface area contributed by atoms with Crippen LogP contribution in [0.15, 0.2) is 0 Å². The number of rotatable bonds is 3. The molecule has 0 unspecified atom stereocenters. The molecule has 0 spiro atoms. The van der Waals surface area contributed by atoms with Crippen molar-refractivity contribution < 1.29 is 10.2 Å². The van der Waals surface area contributed by atoms with Gasteiger partial charge in [0.05, 0.1) is 13.2 Å². The smallest absolute Gasteiger partial charge is 0.182 e. The van der Waals surface area contributed by atoms with Crippen LogP contribution in [0.5, 0.6) is 0 Å². The minimum Gasteiger partial charge on any atom is -0.395 e. The first-order valence-electron chi connectivity index (χ1n) is 2.24. The van der Waals surface area contributed by atoms with E-state index < -0.39 is 0 Å². The number of hydrogen-bond donors (Lipinski definition) is 3. The third-order valence-electron chi connectivity index (χ3n) is 0.849. The summed E-state index contributed by atoms with van der Waals surface area (Å²) >= 11 is 0. The maximum absolute atomic E-state index is 8.30. The summed E-state index contributed by atoms with van der Waals surface area (Å²) in [4.78, 5) is 0. The van der Waals surface area contributed by atoms with E-state index in [9.17, 15) is 0 Å². The lowest BCUT2D eigenvalue weighted by molar-refractivity contribution is 0.186. The second kappa shape index (κ2) is 4.11. The number of aliphatic hydroxyl groups excluding tert-OH is 2. The Kier molecular flexibility index (Phi) is 4.08. The van der Waals surface area contributed by atoms with Gasteiger partial charge in [0.2, 0.25) is 0 Å². The average molecular weight is 103 g/mol. The molecule has 0 saturated carbocycles. The van der Waals surface area contributed by atoms with Crippen molar-refractivity contribution in [1.82, 2.24) is 5.23 Å². The molecule has 4 heteroatoms. The van der Waals surface area contributed by atoms with Crippen LogP contribution in [0, 0.1) is 0 Å². The lowest BCUT2D eigenvalue weighted by Gasteiger charge is -2.06. The van der Waals surface area contributed by atoms with Crippen LogP contribution in [0.2, 0.25) is 0 Å². The van der Waals surface area contributed by atoms with Gasteiger partial charge in [-0.15, -0.1) is 0 Å². The van der Waals surface area contributed by atoms with Crippen LogP contribution in [0.25, 0.3) is 0 Å². The summed E-state index contributed by atoms with van der Waals surface area (Å²) in [6, 6.07) is -0.153. The molecule has 0 radical (unpaired) electrons. The number of aliphatic hydroxyl groups is 2. The Morgan fingerprint density at radius 2 is 1.86 bits per heavy atom. The molecular formula is C3H10BNO2. The highest BCUT2D eigenvalue weighted by atomic mass is 16.3. The molecular weight excluding hydrogens is 92.8 g/mol. The highest BCUT2D eigenvalue weighted by molar-refractivity contribution is 6.04. The topological polar surface area (TPSA) is 52.5 Å². The summed E-state index contributed by atoms with van der Waals surface area (Å²) < 4.78 is 0. The Hall–Kier alpha value is -0.0551. The van der Waals surface area contributed by atoms with E-state index in [0.717, 1.165) is 0 Å². The van der Waals surface area contributed by atoms with Crippen LogP contribution < -0.4 is 5.23 Å². The molecule has 0 saturated heterocycles. The molecule has 0 aromatic rings. The first-order chi connectivity index (χ1) is 3.35. The Balaban J connectivity index is 2.99. The van der Waals surface area contributed by atoms with E-state index in [2.05, 4.69) is 5.23 Å². The average Bonchev–Trinajstić information content (AvgIpc) is 1.72. The minimum absolute atomic E-state index is 0.00694. The summed E-state index contributed by atoms with van der Waals surface area (Å²) in [6.07, 6.45) is 0. The van der Waals surface area contributed by atoms with Gasteiger partial charge >= 0.3 is 0 Å². The fraction of sp³-hybridized carbons (Fsp3) is 1.00. The van der Waals surface area contributed by atoms with Crippen LogP contribution >= 0.6 is 0 Å². The van der Waals surface area contributed by atoms with Crippen molar-refractivity contribution in [2.45, 2.75) is 6.04 Å². The van der Waals surface area contributed by atoms with Gasteiger partial charge in [0, 0.05) is 6.04 Å². The van der Waals surface area contributed by atoms with Gasteiger partial charge in [0.25, 0.3) is 0 Å². The van der Waals surface area contributed by atoms with E-state index in [-0.39, 0.29) is 19.3 Å². The second-order valence-corrected chi connectivity index (χ2v) is 1.35. The molecule has 7 heavy (non-hydrogen) atoms. The van der Waals surface area contributed by atoms with Gasteiger partial charge in [0.1, 0.15) is 0 Å². The van der Waals surface area contributed by atoms with E-state index in [1.54, 1.807) is 7.98 Å². The third kappa shape index (κ3) is 2.62. The van der Waals surface area contributed by atoms with Crippen LogP contribution in [0.1, 0.15) is 0 Å². The Labute approximate surface area is 43.8 Å². The highest BCUT2D eigenvalue weighted by Gasteiger charge is 1.97. The van der Waals surface area contributed by atoms with E-state index >= 15 is 0 Å². The molecule has 0 rings (SSSR count). The van der Waals surface area contributed by atoms with Crippen LogP contribution in [-0.4, -0.2) is 37.4 Å².